The van der Waals surface area contributed by atoms with Crippen LogP contribution in [0.4, 0.5) is 20.3 Å². The summed E-state index contributed by atoms with van der Waals surface area (Å²) < 4.78 is 41.8. The van der Waals surface area contributed by atoms with Crippen molar-refractivity contribution < 1.29 is 28.2 Å². The van der Waals surface area contributed by atoms with Crippen molar-refractivity contribution in [1.82, 2.24) is 44.5 Å². The average molecular weight is 1050 g/mol. The number of ether oxygens (including phenoxy) is 1. The number of pyridine rings is 1. The average Bonchev–Trinajstić information content (AvgIpc) is 3.94. The number of aromatic hydroxyl groups is 1. The number of phenolic OH excluding ortho intramolecular Hbond substituents is 1. The van der Waals surface area contributed by atoms with E-state index in [0.29, 0.717) is 73.2 Å². The lowest BCUT2D eigenvalue weighted by Crippen LogP contribution is -2.51. The van der Waals surface area contributed by atoms with Gasteiger partial charge in [0.2, 0.25) is 11.8 Å². The van der Waals surface area contributed by atoms with Crippen molar-refractivity contribution >= 4 is 56.0 Å². The second-order valence-electron chi connectivity index (χ2n) is 23.0. The van der Waals surface area contributed by atoms with Crippen LogP contribution in [-0.4, -0.2) is 135 Å². The van der Waals surface area contributed by atoms with Gasteiger partial charge in [0.05, 0.1) is 22.0 Å². The summed E-state index contributed by atoms with van der Waals surface area (Å²) in [6, 6.07) is 11.7. The van der Waals surface area contributed by atoms with E-state index in [1.54, 1.807) is 15.3 Å². The number of piperidine rings is 4. The molecular weight excluding hydrogens is 981 g/mol. The summed E-state index contributed by atoms with van der Waals surface area (Å²) in [6.45, 7) is 13.8. The number of phenols is 1. The highest BCUT2D eigenvalue weighted by Crippen LogP contribution is 2.40. The number of anilines is 2. The molecule has 16 nitrogen and oxygen atoms in total. The number of benzene rings is 3. The molecule has 6 aliphatic rings. The van der Waals surface area contributed by atoms with Gasteiger partial charge >= 0.3 is 11.7 Å². The van der Waals surface area contributed by atoms with Crippen LogP contribution in [0.5, 0.6) is 11.8 Å². The first kappa shape index (κ1) is 51.1. The summed E-state index contributed by atoms with van der Waals surface area (Å²) in [7, 11) is 0. The van der Waals surface area contributed by atoms with Crippen LogP contribution in [-0.2, 0) is 9.59 Å². The van der Waals surface area contributed by atoms with E-state index in [9.17, 15) is 19.5 Å². The van der Waals surface area contributed by atoms with Gasteiger partial charge in [0.15, 0.2) is 5.82 Å². The molecule has 0 aliphatic carbocycles. The first-order chi connectivity index (χ1) is 37.3. The second-order valence-corrected chi connectivity index (χ2v) is 23.0. The Labute approximate surface area is 447 Å². The van der Waals surface area contributed by atoms with Crippen molar-refractivity contribution in [3.8, 4) is 35.4 Å². The third-order valence-corrected chi connectivity index (χ3v) is 17.8. The molecule has 2 amide bonds. The maximum atomic E-state index is 17.1. The molecule has 12 rings (SSSR count). The fourth-order valence-electron chi connectivity index (χ4n) is 13.7. The summed E-state index contributed by atoms with van der Waals surface area (Å²) in [6.07, 6.45) is 18.3. The summed E-state index contributed by atoms with van der Waals surface area (Å²) in [5.74, 6) is 2.91. The quantitative estimate of drug-likeness (QED) is 0.0769. The predicted molar refractivity (Wildman–Crippen MR) is 293 cm³/mol. The number of imidazole rings is 1. The minimum atomic E-state index is -0.729. The SMILES string of the molecule is C#Cc1c(F)ccc2cc(O)cc(-c3ncc4c(N5CC6CCC(C5)N6)nc(OCCN5CCC(CN6CCC(CC7CCN(c8ccc9c(c8)n(C(C)C)c(=O)n9C8CCC(=O)NC8=O)CC7)CC6)CC5)nc4c3F)c12. The zero-order valence-electron chi connectivity index (χ0n) is 44.2. The van der Waals surface area contributed by atoms with Crippen molar-refractivity contribution in [2.75, 3.05) is 81.9 Å². The van der Waals surface area contributed by atoms with Gasteiger partial charge in [-0.15, -0.1) is 6.42 Å². The number of amides is 2. The zero-order valence-corrected chi connectivity index (χ0v) is 44.2. The fraction of sp³-hybridized carbons (Fsp3) is 0.525. The third kappa shape index (κ3) is 10.1. The maximum Gasteiger partial charge on any atom is 0.330 e. The van der Waals surface area contributed by atoms with E-state index in [-0.39, 0.29) is 63.5 Å². The number of rotatable bonds is 13. The van der Waals surface area contributed by atoms with Crippen LogP contribution in [0.1, 0.15) is 102 Å². The van der Waals surface area contributed by atoms with Gasteiger partial charge < -0.3 is 29.9 Å². The minimum Gasteiger partial charge on any atom is -0.508 e. The topological polar surface area (TPSA) is 166 Å². The molecule has 77 heavy (non-hydrogen) atoms. The van der Waals surface area contributed by atoms with Crippen LogP contribution in [0.15, 0.2) is 53.5 Å². The molecule has 0 saturated carbocycles. The van der Waals surface area contributed by atoms with Crippen LogP contribution in [0, 0.1) is 41.7 Å². The number of hydrogen-bond acceptors (Lipinski definition) is 13. The van der Waals surface area contributed by atoms with Crippen LogP contribution >= 0.6 is 0 Å². The molecule has 2 bridgehead atoms. The van der Waals surface area contributed by atoms with E-state index in [2.05, 4.69) is 58.3 Å². The van der Waals surface area contributed by atoms with E-state index < -0.39 is 23.6 Å². The summed E-state index contributed by atoms with van der Waals surface area (Å²) in [4.78, 5) is 62.3. The largest absolute Gasteiger partial charge is 0.508 e. The zero-order chi connectivity index (χ0) is 53.1. The van der Waals surface area contributed by atoms with E-state index in [1.807, 2.05) is 19.9 Å². The normalized spacial score (nSPS) is 22.5. The standard InChI is InChI=1S/C59H69F2N11O5/c1-4-44-47(60)9-5-39-28-43(73)30-45(52(39)44)54-53(61)55-46(31-62-54)56(70-33-40-6-7-41(34-70)63-40)66-58(65-55)77-26-25-67-19-15-38(16-20-67)32-68-21-13-36(14-22-68)27-37-17-23-69(24-18-37)42-8-10-48-50(29-42)71(35(2)3)59(76)72(48)49-11-12-51(74)64-57(49)75/h1,5,8-10,28-31,35-38,40-41,49,63,73H,6-7,11-27,32-34H2,2-3H3,(H,64,74,75). The molecule has 3 unspecified atom stereocenters. The van der Waals surface area contributed by atoms with Gasteiger partial charge in [0.25, 0.3) is 0 Å². The fourth-order valence-corrected chi connectivity index (χ4v) is 13.7. The van der Waals surface area contributed by atoms with Gasteiger partial charge in [0.1, 0.15) is 41.2 Å². The molecule has 9 heterocycles. The summed E-state index contributed by atoms with van der Waals surface area (Å²) >= 11 is 0. The summed E-state index contributed by atoms with van der Waals surface area (Å²) in [5, 5.41) is 18.0. The molecular formula is C59H69F2N11O5. The van der Waals surface area contributed by atoms with Crippen molar-refractivity contribution in [2.24, 2.45) is 17.8 Å². The highest BCUT2D eigenvalue weighted by atomic mass is 19.1. The van der Waals surface area contributed by atoms with E-state index >= 15 is 8.78 Å². The third-order valence-electron chi connectivity index (χ3n) is 17.8. The molecule has 6 aliphatic heterocycles. The van der Waals surface area contributed by atoms with Gasteiger partial charge in [0, 0.05) is 86.6 Å². The Morgan fingerprint density at radius 3 is 2.25 bits per heavy atom. The highest BCUT2D eigenvalue weighted by molar-refractivity contribution is 6.03. The molecule has 404 valence electrons. The van der Waals surface area contributed by atoms with Crippen LogP contribution in [0.25, 0.3) is 44.0 Å². The monoisotopic (exact) mass is 1050 g/mol. The lowest BCUT2D eigenvalue weighted by molar-refractivity contribution is -0.135. The van der Waals surface area contributed by atoms with Crippen molar-refractivity contribution in [3.63, 3.8) is 0 Å². The number of likely N-dealkylation sites (tertiary alicyclic amines) is 2. The van der Waals surface area contributed by atoms with Gasteiger partial charge in [-0.05, 0) is 164 Å². The predicted octanol–water partition coefficient (Wildman–Crippen LogP) is 7.54. The summed E-state index contributed by atoms with van der Waals surface area (Å²) in [5.41, 5.74) is 2.53. The Bertz CT molecular complexity index is 3340. The number of fused-ring (bicyclic) bond motifs is 5. The Balaban J connectivity index is 0.627. The molecule has 3 N–H and O–H groups in total. The van der Waals surface area contributed by atoms with Gasteiger partial charge in [-0.1, -0.05) is 12.0 Å². The number of aromatic nitrogens is 5. The van der Waals surface area contributed by atoms with Gasteiger partial charge in [-0.3, -0.25) is 33.9 Å². The number of carbonyl (C=O) groups is 2. The molecule has 6 aromatic rings. The number of piperazine rings is 1. The van der Waals surface area contributed by atoms with Gasteiger partial charge in [-0.2, -0.15) is 9.97 Å². The number of carbonyl (C=O) groups excluding carboxylic acids is 2. The second kappa shape index (κ2) is 21.3. The molecule has 6 saturated heterocycles. The minimum absolute atomic E-state index is 0.0355. The van der Waals surface area contributed by atoms with E-state index in [4.69, 9.17) is 16.1 Å². The van der Waals surface area contributed by atoms with Crippen LogP contribution < -0.4 is 30.9 Å². The molecule has 6 fully saturated rings. The number of halogens is 2. The Morgan fingerprint density at radius 2 is 1.53 bits per heavy atom. The molecule has 3 aromatic heterocycles. The lowest BCUT2D eigenvalue weighted by atomic mass is 9.82. The Kier molecular flexibility index (Phi) is 14.1. The number of nitrogens with one attached hydrogen (secondary N) is 2. The molecule has 3 aromatic carbocycles. The first-order valence-electron chi connectivity index (χ1n) is 28.1. The number of terminal acetylenes is 1. The van der Waals surface area contributed by atoms with Crippen molar-refractivity contribution in [2.45, 2.75) is 109 Å². The van der Waals surface area contributed by atoms with Crippen molar-refractivity contribution in [3.05, 3.63) is 76.3 Å². The molecule has 3 atom stereocenters. The Morgan fingerprint density at radius 1 is 0.818 bits per heavy atom. The Hall–Kier alpha value is -6.68. The molecule has 18 heteroatoms. The number of hydrogen-bond donors (Lipinski definition) is 3. The van der Waals surface area contributed by atoms with Crippen molar-refractivity contribution in [1.29, 1.82) is 0 Å². The number of nitrogens with zero attached hydrogens (tertiary/aromatic N) is 9. The number of imide groups is 1. The van der Waals surface area contributed by atoms with E-state index in [0.717, 1.165) is 107 Å². The van der Waals surface area contributed by atoms with E-state index in [1.165, 1.54) is 43.5 Å². The highest BCUT2D eigenvalue weighted by Gasteiger charge is 2.36. The van der Waals surface area contributed by atoms with Gasteiger partial charge in [-0.25, -0.2) is 13.6 Å². The maximum absolute atomic E-state index is 17.1. The first-order valence-corrected chi connectivity index (χ1v) is 28.1. The molecule has 0 radical (unpaired) electrons. The van der Waals surface area contributed by atoms with Crippen LogP contribution in [0.2, 0.25) is 0 Å². The van der Waals surface area contributed by atoms with Crippen LogP contribution in [0.3, 0.4) is 0 Å². The lowest BCUT2D eigenvalue weighted by Gasteiger charge is -2.39. The smallest absolute Gasteiger partial charge is 0.330 e. The molecule has 0 spiro atoms.